The number of piperazine rings is 1. The Morgan fingerprint density at radius 2 is 1.05 bits per heavy atom. The van der Waals surface area contributed by atoms with Crippen LogP contribution in [0.4, 0.5) is 0 Å². The third kappa shape index (κ3) is 14.0. The van der Waals surface area contributed by atoms with Crippen LogP contribution >= 0.6 is 35.3 Å². The number of hydrogen-bond donors (Lipinski definition) is 4. The van der Waals surface area contributed by atoms with Crippen molar-refractivity contribution in [2.24, 2.45) is 0 Å². The Morgan fingerprint density at radius 3 is 1.56 bits per heavy atom. The second-order valence-electron chi connectivity index (χ2n) is 14.6. The highest BCUT2D eigenvalue weighted by atomic mass is 32.2. The Bertz CT molecular complexity index is 2160. The van der Waals surface area contributed by atoms with Crippen molar-refractivity contribution in [3.05, 3.63) is 143 Å². The van der Waals surface area contributed by atoms with Crippen molar-refractivity contribution < 1.29 is 39.6 Å². The van der Waals surface area contributed by atoms with Gasteiger partial charge in [0.2, 0.25) is 0 Å². The van der Waals surface area contributed by atoms with E-state index in [4.69, 9.17) is 20.4 Å². The minimum absolute atomic E-state index is 0.497. The molecule has 320 valence electrons. The zero-order valence-corrected chi connectivity index (χ0v) is 36.8. The molecule has 14 heteroatoms. The third-order valence-corrected chi connectivity index (χ3v) is 13.5. The Balaban J connectivity index is 0.000000173. The molecule has 0 spiro atoms. The first-order valence-electron chi connectivity index (χ1n) is 19.7. The van der Waals surface area contributed by atoms with Crippen LogP contribution in [0.25, 0.3) is 5.57 Å². The number of likely N-dealkylation sites (N-methyl/N-ethyl adjacent to an activating group) is 1. The molecule has 0 aliphatic carbocycles. The smallest absolute Gasteiger partial charge is 0.328 e. The predicted molar refractivity (Wildman–Crippen MR) is 243 cm³/mol. The number of fused-ring (bicyclic) bond motifs is 4. The summed E-state index contributed by atoms with van der Waals surface area (Å²) in [5.74, 6) is -5.03. The summed E-state index contributed by atoms with van der Waals surface area (Å²) in [5.41, 5.74) is 9.02. The number of carbonyl (C=O) groups is 4. The summed E-state index contributed by atoms with van der Waals surface area (Å²) in [6.45, 7) is 7.02. The molecular weight excluding hydrogens is 831 g/mol. The lowest BCUT2D eigenvalue weighted by molar-refractivity contribution is -0.134. The van der Waals surface area contributed by atoms with Crippen LogP contribution in [-0.2, 0) is 25.6 Å². The number of aliphatic carboxylic acids is 4. The van der Waals surface area contributed by atoms with Gasteiger partial charge in [-0.1, -0.05) is 83.7 Å². The molecule has 1 atom stereocenters. The molecule has 11 nitrogen and oxygen atoms in total. The standard InChI is InChI=1S/C20H24N2S2.C19H19NS.2C4H4O4/c1-21-9-11-22(12-10-21)18-13-15-5-3-4-6-19(15)24-20-8-7-16(23-2)14-17(18)20;1-20-12-10-14(11-13-20)19-15-6-2-4-8-17(15)21-18-9-5-3-7-16(18)19;2*5-3(6)1-2-4(7)8/h3-8,14,18H,9-13H2,1-2H3;2-9H,10-13H2,1H3;2*1-2H,(H,5,6)(H,7,8). The zero-order chi connectivity index (χ0) is 43.9. The van der Waals surface area contributed by atoms with Gasteiger partial charge < -0.3 is 30.2 Å². The van der Waals surface area contributed by atoms with E-state index in [1.807, 2.05) is 35.3 Å². The molecule has 4 N–H and O–H groups in total. The van der Waals surface area contributed by atoms with E-state index in [-0.39, 0.29) is 0 Å². The molecule has 0 bridgehead atoms. The predicted octanol–water partition coefficient (Wildman–Crippen LogP) is 8.51. The highest BCUT2D eigenvalue weighted by Crippen LogP contribution is 2.48. The number of carboxylic acids is 4. The fourth-order valence-corrected chi connectivity index (χ4v) is 9.92. The highest BCUT2D eigenvalue weighted by molar-refractivity contribution is 8.00. The summed E-state index contributed by atoms with van der Waals surface area (Å²) in [6.07, 6.45) is 7.91. The summed E-state index contributed by atoms with van der Waals surface area (Å²) < 4.78 is 0. The summed E-state index contributed by atoms with van der Waals surface area (Å²) in [4.78, 5) is 52.8. The number of piperidine rings is 1. The van der Waals surface area contributed by atoms with Gasteiger partial charge in [-0.3, -0.25) is 4.90 Å². The molecule has 8 rings (SSSR count). The fourth-order valence-electron chi connectivity index (χ4n) is 7.27. The van der Waals surface area contributed by atoms with Crippen molar-refractivity contribution in [1.82, 2.24) is 14.7 Å². The molecule has 4 aliphatic rings. The van der Waals surface area contributed by atoms with Crippen LogP contribution in [0, 0.1) is 0 Å². The van der Waals surface area contributed by atoms with E-state index < -0.39 is 23.9 Å². The minimum atomic E-state index is -1.26. The van der Waals surface area contributed by atoms with Crippen molar-refractivity contribution in [2.75, 3.05) is 59.6 Å². The monoisotopic (exact) mass is 881 g/mol. The van der Waals surface area contributed by atoms with Gasteiger partial charge in [-0.05, 0) is 104 Å². The summed E-state index contributed by atoms with van der Waals surface area (Å²) in [5, 5.41) is 31.2. The second-order valence-corrected chi connectivity index (χ2v) is 17.6. The number of likely N-dealkylation sites (tertiary alicyclic amines) is 1. The van der Waals surface area contributed by atoms with E-state index in [1.54, 1.807) is 5.57 Å². The number of thioether (sulfide) groups is 1. The number of hydrogen-bond acceptors (Lipinski definition) is 10. The van der Waals surface area contributed by atoms with Gasteiger partial charge in [-0.2, -0.15) is 0 Å². The Morgan fingerprint density at radius 1 is 0.590 bits per heavy atom. The molecule has 2 saturated heterocycles. The molecular formula is C47H51N3O8S3. The molecule has 61 heavy (non-hydrogen) atoms. The Labute approximate surface area is 369 Å². The molecule has 0 saturated carbocycles. The van der Waals surface area contributed by atoms with E-state index >= 15 is 0 Å². The molecule has 0 aromatic heterocycles. The van der Waals surface area contributed by atoms with E-state index in [0.29, 0.717) is 30.3 Å². The fraction of sp³-hybridized carbons (Fsp3) is 0.277. The maximum atomic E-state index is 9.55. The first kappa shape index (κ1) is 47.0. The zero-order valence-electron chi connectivity index (χ0n) is 34.4. The molecule has 4 aliphatic heterocycles. The first-order chi connectivity index (χ1) is 29.3. The van der Waals surface area contributed by atoms with Crippen LogP contribution in [0.15, 0.2) is 145 Å². The summed E-state index contributed by atoms with van der Waals surface area (Å²) in [7, 11) is 4.45. The maximum Gasteiger partial charge on any atom is 0.328 e. The van der Waals surface area contributed by atoms with E-state index in [2.05, 4.69) is 126 Å². The summed E-state index contributed by atoms with van der Waals surface area (Å²) in [6, 6.07) is 34.2. The lowest BCUT2D eigenvalue weighted by atomic mass is 9.88. The normalized spacial score (nSPS) is 17.4. The van der Waals surface area contributed by atoms with E-state index in [0.717, 1.165) is 19.5 Å². The SMILES string of the molecule is CN1CCC(=C2c3ccccc3Sc3ccccc32)CC1.CSc1ccc2c(c1)C(N1CCN(C)CC1)Cc1ccccc1S2.O=C(O)C=CC(=O)O.O=C(O)C=CC(=O)O. The quantitative estimate of drug-likeness (QED) is 0.0950. The first-order valence-corrected chi connectivity index (χ1v) is 22.6. The van der Waals surface area contributed by atoms with Crippen LogP contribution in [0.3, 0.4) is 0 Å². The van der Waals surface area contributed by atoms with Gasteiger partial charge in [-0.25, -0.2) is 19.2 Å². The molecule has 1 unspecified atom stereocenters. The molecule has 0 amide bonds. The summed E-state index contributed by atoms with van der Waals surface area (Å²) >= 11 is 5.70. The lowest BCUT2D eigenvalue weighted by Crippen LogP contribution is -2.46. The van der Waals surface area contributed by atoms with Gasteiger partial charge in [-0.15, -0.1) is 11.8 Å². The van der Waals surface area contributed by atoms with Crippen molar-refractivity contribution in [3.8, 4) is 0 Å². The average molecular weight is 882 g/mol. The third-order valence-electron chi connectivity index (χ3n) is 10.4. The Kier molecular flexibility index (Phi) is 17.9. The van der Waals surface area contributed by atoms with Gasteiger partial charge >= 0.3 is 23.9 Å². The number of benzene rings is 4. The van der Waals surface area contributed by atoms with Gasteiger partial charge in [0.25, 0.3) is 0 Å². The van der Waals surface area contributed by atoms with Crippen LogP contribution in [0.2, 0.25) is 0 Å². The van der Waals surface area contributed by atoms with E-state index in [9.17, 15) is 19.2 Å². The van der Waals surface area contributed by atoms with E-state index in [1.165, 1.54) is 91.3 Å². The maximum absolute atomic E-state index is 9.55. The molecule has 4 aromatic carbocycles. The van der Waals surface area contributed by atoms with Gasteiger partial charge in [0.15, 0.2) is 0 Å². The molecule has 4 aromatic rings. The Hall–Kier alpha value is -5.09. The molecule has 4 heterocycles. The van der Waals surface area contributed by atoms with Crippen LogP contribution in [0.5, 0.6) is 0 Å². The highest BCUT2D eigenvalue weighted by Gasteiger charge is 2.30. The van der Waals surface area contributed by atoms with Crippen LogP contribution in [0.1, 0.15) is 41.1 Å². The van der Waals surface area contributed by atoms with Crippen LogP contribution < -0.4 is 0 Å². The van der Waals surface area contributed by atoms with Crippen molar-refractivity contribution in [2.45, 2.75) is 49.8 Å². The average Bonchev–Trinajstić information content (AvgIpc) is 3.42. The van der Waals surface area contributed by atoms with Crippen molar-refractivity contribution in [3.63, 3.8) is 0 Å². The topological polar surface area (TPSA) is 159 Å². The number of nitrogens with zero attached hydrogens (tertiary/aromatic N) is 3. The van der Waals surface area contributed by atoms with Crippen molar-refractivity contribution >= 4 is 64.7 Å². The molecule has 0 radical (unpaired) electrons. The largest absolute Gasteiger partial charge is 0.478 e. The number of rotatable bonds is 6. The van der Waals surface area contributed by atoms with Gasteiger partial charge in [0.1, 0.15) is 0 Å². The number of carboxylic acid groups (broad SMARTS) is 4. The van der Waals surface area contributed by atoms with Gasteiger partial charge in [0.05, 0.1) is 0 Å². The van der Waals surface area contributed by atoms with Gasteiger partial charge in [0, 0.05) is 94.1 Å². The second kappa shape index (κ2) is 23.2. The van der Waals surface area contributed by atoms with Crippen molar-refractivity contribution in [1.29, 1.82) is 0 Å². The molecule has 2 fully saturated rings. The lowest BCUT2D eigenvalue weighted by Gasteiger charge is -2.38. The minimum Gasteiger partial charge on any atom is -0.478 e. The van der Waals surface area contributed by atoms with Crippen LogP contribution in [-0.4, -0.2) is 119 Å².